The van der Waals surface area contributed by atoms with Crippen molar-refractivity contribution in [3.63, 3.8) is 0 Å². The van der Waals surface area contributed by atoms with E-state index in [0.29, 0.717) is 5.56 Å². The first kappa shape index (κ1) is 9.90. The van der Waals surface area contributed by atoms with Gasteiger partial charge in [-0.3, -0.25) is 0 Å². The topological polar surface area (TPSA) is 0 Å². The Balaban J connectivity index is 3.07. The standard InChI is InChI=1S/C11H12F2/c1-3-8(2)6-9-7-10(12)4-5-11(9)13/h4-7H,3H2,1-2H3/b8-6+. The molecule has 2 heteroatoms. The third kappa shape index (κ3) is 2.65. The second-order valence-electron chi connectivity index (χ2n) is 3.01. The molecule has 0 bridgehead atoms. The third-order valence-corrected chi connectivity index (χ3v) is 1.92. The van der Waals surface area contributed by atoms with Crippen molar-refractivity contribution in [1.29, 1.82) is 0 Å². The average molecular weight is 182 g/mol. The van der Waals surface area contributed by atoms with Crippen LogP contribution < -0.4 is 0 Å². The summed E-state index contributed by atoms with van der Waals surface area (Å²) in [5.41, 5.74) is 1.35. The molecule has 0 unspecified atom stereocenters. The molecule has 70 valence electrons. The molecule has 0 aliphatic rings. The Labute approximate surface area is 76.9 Å². The first-order valence-corrected chi connectivity index (χ1v) is 4.25. The van der Waals surface area contributed by atoms with Crippen LogP contribution >= 0.6 is 0 Å². The summed E-state index contributed by atoms with van der Waals surface area (Å²) in [5.74, 6) is -0.786. The predicted molar refractivity (Wildman–Crippen MR) is 50.3 cm³/mol. The quantitative estimate of drug-likeness (QED) is 0.653. The van der Waals surface area contributed by atoms with Gasteiger partial charge in [0.05, 0.1) is 0 Å². The molecular weight excluding hydrogens is 170 g/mol. The van der Waals surface area contributed by atoms with Crippen LogP contribution in [0.2, 0.25) is 0 Å². The summed E-state index contributed by atoms with van der Waals surface area (Å²) in [6, 6.07) is 3.46. The summed E-state index contributed by atoms with van der Waals surface area (Å²) in [6.45, 7) is 3.87. The summed E-state index contributed by atoms with van der Waals surface area (Å²) in [4.78, 5) is 0. The van der Waals surface area contributed by atoms with Crippen LogP contribution in [0.15, 0.2) is 23.8 Å². The third-order valence-electron chi connectivity index (χ3n) is 1.92. The lowest BCUT2D eigenvalue weighted by Gasteiger charge is -1.99. The first-order chi connectivity index (χ1) is 6.13. The molecule has 0 N–H and O–H groups in total. The van der Waals surface area contributed by atoms with E-state index in [9.17, 15) is 8.78 Å². The highest BCUT2D eigenvalue weighted by Gasteiger charge is 2.00. The van der Waals surface area contributed by atoms with E-state index in [0.717, 1.165) is 24.1 Å². The minimum absolute atomic E-state index is 0.319. The molecule has 0 saturated heterocycles. The van der Waals surface area contributed by atoms with Crippen LogP contribution in [0.4, 0.5) is 8.78 Å². The largest absolute Gasteiger partial charge is 0.207 e. The van der Waals surface area contributed by atoms with Crippen LogP contribution in [0, 0.1) is 11.6 Å². The molecule has 0 aliphatic heterocycles. The summed E-state index contributed by atoms with van der Waals surface area (Å²) in [5, 5.41) is 0. The van der Waals surface area contributed by atoms with E-state index in [4.69, 9.17) is 0 Å². The molecule has 0 radical (unpaired) electrons. The zero-order chi connectivity index (χ0) is 9.84. The minimum atomic E-state index is -0.406. The van der Waals surface area contributed by atoms with Crippen molar-refractivity contribution in [3.8, 4) is 0 Å². The van der Waals surface area contributed by atoms with Gasteiger partial charge in [0, 0.05) is 5.56 Å². The molecule has 0 saturated carbocycles. The lowest BCUT2D eigenvalue weighted by molar-refractivity contribution is 0.598. The van der Waals surface area contributed by atoms with E-state index in [2.05, 4.69) is 0 Å². The van der Waals surface area contributed by atoms with Gasteiger partial charge < -0.3 is 0 Å². The second-order valence-corrected chi connectivity index (χ2v) is 3.01. The Morgan fingerprint density at radius 3 is 2.69 bits per heavy atom. The molecule has 1 aromatic carbocycles. The van der Waals surface area contributed by atoms with Gasteiger partial charge >= 0.3 is 0 Å². The number of benzene rings is 1. The maximum Gasteiger partial charge on any atom is 0.130 e. The highest BCUT2D eigenvalue weighted by Crippen LogP contribution is 2.14. The molecule has 0 aliphatic carbocycles. The van der Waals surface area contributed by atoms with Crippen molar-refractivity contribution in [1.82, 2.24) is 0 Å². The Hall–Kier alpha value is -1.18. The Kier molecular flexibility index (Phi) is 3.18. The zero-order valence-corrected chi connectivity index (χ0v) is 7.77. The van der Waals surface area contributed by atoms with Gasteiger partial charge in [0.1, 0.15) is 11.6 Å². The molecule has 0 nitrogen and oxygen atoms in total. The van der Waals surface area contributed by atoms with Gasteiger partial charge in [-0.05, 0) is 31.5 Å². The van der Waals surface area contributed by atoms with E-state index < -0.39 is 5.82 Å². The number of halogens is 2. The Bertz CT molecular complexity index is 327. The van der Waals surface area contributed by atoms with Gasteiger partial charge in [-0.2, -0.15) is 0 Å². The molecule has 0 fully saturated rings. The zero-order valence-electron chi connectivity index (χ0n) is 7.77. The maximum atomic E-state index is 13.1. The van der Waals surface area contributed by atoms with Crippen LogP contribution in [-0.4, -0.2) is 0 Å². The van der Waals surface area contributed by atoms with Crippen molar-refractivity contribution >= 4 is 6.08 Å². The fourth-order valence-corrected chi connectivity index (χ4v) is 0.993. The number of hydrogen-bond donors (Lipinski definition) is 0. The van der Waals surface area contributed by atoms with E-state index in [1.807, 2.05) is 13.8 Å². The SMILES string of the molecule is CC/C(C)=C/c1cc(F)ccc1F. The van der Waals surface area contributed by atoms with Crippen molar-refractivity contribution in [2.75, 3.05) is 0 Å². The highest BCUT2D eigenvalue weighted by molar-refractivity contribution is 5.52. The van der Waals surface area contributed by atoms with Gasteiger partial charge in [-0.25, -0.2) is 8.78 Å². The monoisotopic (exact) mass is 182 g/mol. The van der Waals surface area contributed by atoms with Crippen molar-refractivity contribution in [2.45, 2.75) is 20.3 Å². The van der Waals surface area contributed by atoms with E-state index in [1.54, 1.807) is 6.08 Å². The van der Waals surface area contributed by atoms with Gasteiger partial charge in [0.15, 0.2) is 0 Å². The summed E-state index contributed by atoms with van der Waals surface area (Å²) >= 11 is 0. The van der Waals surface area contributed by atoms with Crippen LogP contribution in [0.3, 0.4) is 0 Å². The fraction of sp³-hybridized carbons (Fsp3) is 0.273. The van der Waals surface area contributed by atoms with E-state index in [-0.39, 0.29) is 5.82 Å². The lowest BCUT2D eigenvalue weighted by Crippen LogP contribution is -1.85. The van der Waals surface area contributed by atoms with Gasteiger partial charge in [-0.15, -0.1) is 0 Å². The Morgan fingerprint density at radius 2 is 2.08 bits per heavy atom. The Morgan fingerprint density at radius 1 is 1.38 bits per heavy atom. The number of rotatable bonds is 2. The van der Waals surface area contributed by atoms with Crippen molar-refractivity contribution in [2.24, 2.45) is 0 Å². The molecule has 0 aromatic heterocycles. The van der Waals surface area contributed by atoms with Crippen LogP contribution in [0.5, 0.6) is 0 Å². The molecule has 1 rings (SSSR count). The normalized spacial score (nSPS) is 11.8. The summed E-state index contributed by atoms with van der Waals surface area (Å²) in [7, 11) is 0. The molecule has 13 heavy (non-hydrogen) atoms. The fourth-order valence-electron chi connectivity index (χ4n) is 0.993. The van der Waals surface area contributed by atoms with Crippen LogP contribution in [0.1, 0.15) is 25.8 Å². The average Bonchev–Trinajstić information content (AvgIpc) is 2.11. The van der Waals surface area contributed by atoms with Crippen molar-refractivity contribution in [3.05, 3.63) is 41.0 Å². The summed E-state index contributed by atoms with van der Waals surface area (Å²) < 4.78 is 25.8. The molecule has 1 aromatic rings. The smallest absolute Gasteiger partial charge is 0.130 e. The number of allylic oxidation sites excluding steroid dienone is 1. The van der Waals surface area contributed by atoms with Gasteiger partial charge in [-0.1, -0.05) is 18.6 Å². The molecule has 0 heterocycles. The predicted octanol–water partition coefficient (Wildman–Crippen LogP) is 3.78. The lowest BCUT2D eigenvalue weighted by atomic mass is 10.1. The summed E-state index contributed by atoms with van der Waals surface area (Å²) in [6.07, 6.45) is 2.51. The molecular formula is C11H12F2. The highest BCUT2D eigenvalue weighted by atomic mass is 19.1. The van der Waals surface area contributed by atoms with Gasteiger partial charge in [0.25, 0.3) is 0 Å². The molecule has 0 spiro atoms. The molecule has 0 amide bonds. The van der Waals surface area contributed by atoms with E-state index in [1.165, 1.54) is 6.07 Å². The maximum absolute atomic E-state index is 13.1. The van der Waals surface area contributed by atoms with Crippen molar-refractivity contribution < 1.29 is 8.78 Å². The molecule has 0 atom stereocenters. The van der Waals surface area contributed by atoms with Crippen LogP contribution in [0.25, 0.3) is 6.08 Å². The van der Waals surface area contributed by atoms with Crippen LogP contribution in [-0.2, 0) is 0 Å². The van der Waals surface area contributed by atoms with Gasteiger partial charge in [0.2, 0.25) is 0 Å². The first-order valence-electron chi connectivity index (χ1n) is 4.25. The van der Waals surface area contributed by atoms with E-state index >= 15 is 0 Å². The number of hydrogen-bond acceptors (Lipinski definition) is 0. The minimum Gasteiger partial charge on any atom is -0.207 e. The second kappa shape index (κ2) is 4.17.